The summed E-state index contributed by atoms with van der Waals surface area (Å²) in [5.41, 5.74) is 1.70. The second-order valence-corrected chi connectivity index (χ2v) is 5.42. The summed E-state index contributed by atoms with van der Waals surface area (Å²) in [5, 5.41) is 11.6. The van der Waals surface area contributed by atoms with Gasteiger partial charge in [-0.05, 0) is 24.1 Å². The van der Waals surface area contributed by atoms with Gasteiger partial charge in [0.25, 0.3) is 0 Å². The number of hydrogen-bond acceptors (Lipinski definition) is 3. The standard InChI is InChI=1S/C19H19NO4/c21-17(15-5-2-1-3-6-15)7-4-8-18(22)20-13-14-9-11-16(12-10-14)19(23)24/h1-3,5-6,9-12H,4,7-8,13H2,(H,20,22)(H,23,24). The van der Waals surface area contributed by atoms with Gasteiger partial charge in [0, 0.05) is 24.9 Å². The number of carbonyl (C=O) groups excluding carboxylic acids is 2. The Morgan fingerprint density at radius 3 is 2.12 bits per heavy atom. The Kier molecular flexibility index (Phi) is 6.25. The molecule has 5 nitrogen and oxygen atoms in total. The van der Waals surface area contributed by atoms with Crippen molar-refractivity contribution in [2.24, 2.45) is 0 Å². The molecule has 0 atom stereocenters. The lowest BCUT2D eigenvalue weighted by Gasteiger charge is -2.06. The fourth-order valence-electron chi connectivity index (χ4n) is 2.23. The van der Waals surface area contributed by atoms with Crippen LogP contribution in [0, 0.1) is 0 Å². The van der Waals surface area contributed by atoms with Crippen LogP contribution < -0.4 is 5.32 Å². The van der Waals surface area contributed by atoms with Crippen LogP contribution in [0.1, 0.15) is 45.5 Å². The predicted octanol–water partition coefficient (Wildman–Crippen LogP) is 3.05. The first-order valence-electron chi connectivity index (χ1n) is 7.73. The summed E-state index contributed by atoms with van der Waals surface area (Å²) in [6.07, 6.45) is 1.12. The lowest BCUT2D eigenvalue weighted by molar-refractivity contribution is -0.121. The molecule has 0 fully saturated rings. The number of rotatable bonds is 8. The highest BCUT2D eigenvalue weighted by Crippen LogP contribution is 2.07. The SMILES string of the molecule is O=C(CCCC(=O)c1ccccc1)NCc1ccc(C(=O)O)cc1. The number of ketones is 1. The van der Waals surface area contributed by atoms with Gasteiger partial charge < -0.3 is 10.4 Å². The van der Waals surface area contributed by atoms with Crippen LogP contribution >= 0.6 is 0 Å². The van der Waals surface area contributed by atoms with Gasteiger partial charge in [-0.15, -0.1) is 0 Å². The normalized spacial score (nSPS) is 10.2. The molecule has 0 saturated carbocycles. The van der Waals surface area contributed by atoms with E-state index < -0.39 is 5.97 Å². The molecule has 2 rings (SSSR count). The number of hydrogen-bond donors (Lipinski definition) is 2. The van der Waals surface area contributed by atoms with Gasteiger partial charge in [0.1, 0.15) is 0 Å². The Labute approximate surface area is 140 Å². The van der Waals surface area contributed by atoms with Crippen molar-refractivity contribution in [2.75, 3.05) is 0 Å². The highest BCUT2D eigenvalue weighted by molar-refractivity contribution is 5.96. The zero-order chi connectivity index (χ0) is 17.4. The van der Waals surface area contributed by atoms with Crippen LogP contribution in [0.3, 0.4) is 0 Å². The molecule has 0 saturated heterocycles. The third-order valence-corrected chi connectivity index (χ3v) is 3.59. The number of aromatic carboxylic acids is 1. The second-order valence-electron chi connectivity index (χ2n) is 5.42. The number of benzene rings is 2. The van der Waals surface area contributed by atoms with E-state index in [1.807, 2.05) is 18.2 Å². The molecule has 2 aromatic carbocycles. The van der Waals surface area contributed by atoms with Crippen molar-refractivity contribution >= 4 is 17.7 Å². The summed E-state index contributed by atoms with van der Waals surface area (Å²) >= 11 is 0. The van der Waals surface area contributed by atoms with Crippen LogP contribution in [0.15, 0.2) is 54.6 Å². The van der Waals surface area contributed by atoms with Crippen LogP contribution in [-0.4, -0.2) is 22.8 Å². The van der Waals surface area contributed by atoms with Gasteiger partial charge in [-0.3, -0.25) is 9.59 Å². The van der Waals surface area contributed by atoms with Crippen LogP contribution in [0.5, 0.6) is 0 Å². The molecular weight excluding hydrogens is 306 g/mol. The minimum atomic E-state index is -0.978. The van der Waals surface area contributed by atoms with Crippen molar-refractivity contribution in [2.45, 2.75) is 25.8 Å². The Morgan fingerprint density at radius 1 is 0.833 bits per heavy atom. The second kappa shape index (κ2) is 8.62. The molecule has 0 spiro atoms. The summed E-state index contributed by atoms with van der Waals surface area (Å²) in [6.45, 7) is 0.339. The highest BCUT2D eigenvalue weighted by atomic mass is 16.4. The molecular formula is C19H19NO4. The molecule has 1 amide bonds. The van der Waals surface area contributed by atoms with Gasteiger partial charge in [0.05, 0.1) is 5.56 Å². The zero-order valence-electron chi connectivity index (χ0n) is 13.2. The third kappa shape index (κ3) is 5.35. The van der Waals surface area contributed by atoms with E-state index in [9.17, 15) is 14.4 Å². The van der Waals surface area contributed by atoms with E-state index >= 15 is 0 Å². The van der Waals surface area contributed by atoms with Gasteiger partial charge in [-0.1, -0.05) is 42.5 Å². The number of amides is 1. The molecule has 0 bridgehead atoms. The summed E-state index contributed by atoms with van der Waals surface area (Å²) < 4.78 is 0. The Hall–Kier alpha value is -2.95. The number of nitrogens with one attached hydrogen (secondary N) is 1. The smallest absolute Gasteiger partial charge is 0.335 e. The molecule has 2 N–H and O–H groups in total. The average molecular weight is 325 g/mol. The largest absolute Gasteiger partial charge is 0.478 e. The van der Waals surface area contributed by atoms with Gasteiger partial charge in [0.2, 0.25) is 5.91 Å². The lowest BCUT2D eigenvalue weighted by Crippen LogP contribution is -2.22. The first kappa shape index (κ1) is 17.4. The molecule has 0 aliphatic rings. The maximum atomic E-state index is 11.9. The van der Waals surface area contributed by atoms with Crippen molar-refractivity contribution in [1.82, 2.24) is 5.32 Å². The molecule has 24 heavy (non-hydrogen) atoms. The quantitative estimate of drug-likeness (QED) is 0.731. The third-order valence-electron chi connectivity index (χ3n) is 3.59. The van der Waals surface area contributed by atoms with E-state index in [4.69, 9.17) is 5.11 Å². The summed E-state index contributed by atoms with van der Waals surface area (Å²) in [7, 11) is 0. The number of Topliss-reactive ketones (excluding diaryl/α,β-unsaturated/α-hetero) is 1. The lowest BCUT2D eigenvalue weighted by atomic mass is 10.1. The molecule has 0 aromatic heterocycles. The van der Waals surface area contributed by atoms with Crippen molar-refractivity contribution < 1.29 is 19.5 Å². The number of carboxylic acid groups (broad SMARTS) is 1. The number of carbonyl (C=O) groups is 3. The van der Waals surface area contributed by atoms with Gasteiger partial charge in [-0.25, -0.2) is 4.79 Å². The summed E-state index contributed by atoms with van der Waals surface area (Å²) in [6, 6.07) is 15.4. The van der Waals surface area contributed by atoms with Gasteiger partial charge in [0.15, 0.2) is 5.78 Å². The van der Waals surface area contributed by atoms with Crippen LogP contribution in [0.25, 0.3) is 0 Å². The van der Waals surface area contributed by atoms with E-state index in [1.54, 1.807) is 24.3 Å². The predicted molar refractivity (Wildman–Crippen MR) is 89.9 cm³/mol. The zero-order valence-corrected chi connectivity index (χ0v) is 13.2. The maximum absolute atomic E-state index is 11.9. The van der Waals surface area contributed by atoms with E-state index in [2.05, 4.69) is 5.32 Å². The molecule has 0 aliphatic heterocycles. The molecule has 0 radical (unpaired) electrons. The van der Waals surface area contributed by atoms with Crippen LogP contribution in [-0.2, 0) is 11.3 Å². The van der Waals surface area contributed by atoms with Gasteiger partial charge in [-0.2, -0.15) is 0 Å². The maximum Gasteiger partial charge on any atom is 0.335 e. The molecule has 124 valence electrons. The molecule has 0 heterocycles. The average Bonchev–Trinajstić information content (AvgIpc) is 2.61. The monoisotopic (exact) mass is 325 g/mol. The Morgan fingerprint density at radius 2 is 1.50 bits per heavy atom. The fourth-order valence-corrected chi connectivity index (χ4v) is 2.23. The molecule has 5 heteroatoms. The van der Waals surface area contributed by atoms with Crippen molar-refractivity contribution in [3.63, 3.8) is 0 Å². The van der Waals surface area contributed by atoms with E-state index in [1.165, 1.54) is 12.1 Å². The molecule has 0 unspecified atom stereocenters. The summed E-state index contributed by atoms with van der Waals surface area (Å²) in [4.78, 5) is 34.5. The van der Waals surface area contributed by atoms with E-state index in [0.29, 0.717) is 24.9 Å². The van der Waals surface area contributed by atoms with Crippen LogP contribution in [0.2, 0.25) is 0 Å². The Balaban J connectivity index is 1.70. The molecule has 2 aromatic rings. The topological polar surface area (TPSA) is 83.5 Å². The summed E-state index contributed by atoms with van der Waals surface area (Å²) in [5.74, 6) is -1.07. The minimum absolute atomic E-state index is 0.0349. The number of carboxylic acids is 1. The molecule has 0 aliphatic carbocycles. The highest BCUT2D eigenvalue weighted by Gasteiger charge is 2.07. The Bertz CT molecular complexity index is 708. The van der Waals surface area contributed by atoms with E-state index in [0.717, 1.165) is 5.56 Å². The van der Waals surface area contributed by atoms with Crippen molar-refractivity contribution in [1.29, 1.82) is 0 Å². The first-order chi connectivity index (χ1) is 11.6. The first-order valence-corrected chi connectivity index (χ1v) is 7.73. The van der Waals surface area contributed by atoms with Crippen molar-refractivity contribution in [3.8, 4) is 0 Å². The van der Waals surface area contributed by atoms with E-state index in [-0.39, 0.29) is 23.7 Å². The van der Waals surface area contributed by atoms with Crippen molar-refractivity contribution in [3.05, 3.63) is 71.3 Å². The van der Waals surface area contributed by atoms with Gasteiger partial charge >= 0.3 is 5.97 Å². The van der Waals surface area contributed by atoms with Crippen LogP contribution in [0.4, 0.5) is 0 Å². The fraction of sp³-hybridized carbons (Fsp3) is 0.211. The minimum Gasteiger partial charge on any atom is -0.478 e.